The largest absolute Gasteiger partial charge is 0.508 e. The molecule has 35 heavy (non-hydrogen) atoms. The Morgan fingerprint density at radius 1 is 1.14 bits per heavy atom. The normalized spacial score (nSPS) is 13.5. The van der Waals surface area contributed by atoms with Crippen LogP contribution in [-0.4, -0.2) is 30.4 Å². The first kappa shape index (κ1) is 26.4. The van der Waals surface area contributed by atoms with E-state index in [9.17, 15) is 9.90 Å². The van der Waals surface area contributed by atoms with Gasteiger partial charge in [0.2, 0.25) is 0 Å². The first-order valence-electron chi connectivity index (χ1n) is 12.0. The number of aromatic hydroxyl groups is 1. The lowest BCUT2D eigenvalue weighted by Gasteiger charge is -2.25. The fourth-order valence-corrected chi connectivity index (χ4v) is 4.31. The third-order valence-electron chi connectivity index (χ3n) is 5.72. The van der Waals surface area contributed by atoms with E-state index >= 15 is 0 Å². The Kier molecular flexibility index (Phi) is 9.46. The molecule has 7 heteroatoms. The van der Waals surface area contributed by atoms with Gasteiger partial charge < -0.3 is 25.8 Å². The van der Waals surface area contributed by atoms with Crippen molar-refractivity contribution in [3.63, 3.8) is 0 Å². The predicted octanol–water partition coefficient (Wildman–Crippen LogP) is 6.01. The number of ether oxygens (including phenoxy) is 1. The molecule has 0 saturated heterocycles. The molecule has 186 valence electrons. The number of nitrogens with zero attached hydrogens (tertiary/aromatic N) is 1. The molecule has 1 aliphatic heterocycles. The molecule has 4 N–H and O–H groups in total. The second-order valence-corrected chi connectivity index (χ2v) is 8.98. The molecule has 0 aliphatic carbocycles. The Balaban J connectivity index is 0.00000167. The average molecular weight is 494 g/mol. The van der Waals surface area contributed by atoms with E-state index < -0.39 is 0 Å². The van der Waals surface area contributed by atoms with Crippen molar-refractivity contribution in [3.05, 3.63) is 77.4 Å². The summed E-state index contributed by atoms with van der Waals surface area (Å²) in [5.74, 6) is 0.682. The van der Waals surface area contributed by atoms with Gasteiger partial charge in [-0.05, 0) is 61.6 Å². The molecule has 0 spiro atoms. The molecule has 1 atom stereocenters. The fourth-order valence-electron chi connectivity index (χ4n) is 3.90. The molecule has 0 aromatic heterocycles. The van der Waals surface area contributed by atoms with Crippen LogP contribution in [0.25, 0.3) is 0 Å². The number of hydrogen-bond donors (Lipinski definition) is 3. The summed E-state index contributed by atoms with van der Waals surface area (Å²) in [6.07, 6.45) is 2.86. The number of rotatable bonds is 6. The SMILES string of the molecule is CC.CSc1ccc(CNC(=O)c2ccc3c(c2)OCCCN3c2ccc(C(C)N)c(O)c2)cc1. The zero-order chi connectivity index (χ0) is 25.4. The Labute approximate surface area is 212 Å². The number of carbonyl (C=O) groups excluding carboxylic acids is 1. The van der Waals surface area contributed by atoms with Crippen LogP contribution in [-0.2, 0) is 6.54 Å². The number of thioether (sulfide) groups is 1. The highest BCUT2D eigenvalue weighted by Gasteiger charge is 2.21. The van der Waals surface area contributed by atoms with E-state index in [2.05, 4.69) is 22.3 Å². The summed E-state index contributed by atoms with van der Waals surface area (Å²) in [4.78, 5) is 16.1. The number of benzene rings is 3. The molecule has 1 amide bonds. The van der Waals surface area contributed by atoms with Crippen molar-refractivity contribution in [2.45, 2.75) is 44.7 Å². The second kappa shape index (κ2) is 12.5. The summed E-state index contributed by atoms with van der Waals surface area (Å²) in [6, 6.07) is 18.9. The summed E-state index contributed by atoms with van der Waals surface area (Å²) >= 11 is 1.69. The Morgan fingerprint density at radius 3 is 2.54 bits per heavy atom. The number of phenolic OH excluding ortho intramolecular Hbond substituents is 1. The maximum Gasteiger partial charge on any atom is 0.251 e. The molecule has 6 nitrogen and oxygen atoms in total. The van der Waals surface area contributed by atoms with Gasteiger partial charge in [-0.2, -0.15) is 0 Å². The van der Waals surface area contributed by atoms with Crippen molar-refractivity contribution < 1.29 is 14.6 Å². The van der Waals surface area contributed by atoms with Gasteiger partial charge in [0.05, 0.1) is 12.3 Å². The average Bonchev–Trinajstić information content (AvgIpc) is 3.10. The molecule has 1 heterocycles. The Morgan fingerprint density at radius 2 is 1.89 bits per heavy atom. The van der Waals surface area contributed by atoms with E-state index in [1.165, 1.54) is 4.90 Å². The van der Waals surface area contributed by atoms with Crippen LogP contribution in [0, 0.1) is 0 Å². The minimum atomic E-state index is -0.247. The number of nitrogens with one attached hydrogen (secondary N) is 1. The van der Waals surface area contributed by atoms with Crippen molar-refractivity contribution in [1.29, 1.82) is 0 Å². The molecule has 0 radical (unpaired) electrons. The van der Waals surface area contributed by atoms with Crippen LogP contribution in [0.15, 0.2) is 65.6 Å². The van der Waals surface area contributed by atoms with Gasteiger partial charge in [0.25, 0.3) is 5.91 Å². The third kappa shape index (κ3) is 6.50. The Bertz CT molecular complexity index is 1130. The maximum absolute atomic E-state index is 12.8. The van der Waals surface area contributed by atoms with Crippen LogP contribution >= 0.6 is 11.8 Å². The minimum absolute atomic E-state index is 0.148. The molecule has 0 saturated carbocycles. The van der Waals surface area contributed by atoms with Crippen molar-refractivity contribution in [1.82, 2.24) is 5.32 Å². The van der Waals surface area contributed by atoms with Crippen LogP contribution in [0.3, 0.4) is 0 Å². The van der Waals surface area contributed by atoms with Gasteiger partial charge in [-0.3, -0.25) is 4.79 Å². The van der Waals surface area contributed by atoms with Crippen LogP contribution in [0.4, 0.5) is 11.4 Å². The lowest BCUT2D eigenvalue weighted by atomic mass is 10.1. The minimum Gasteiger partial charge on any atom is -0.508 e. The number of carbonyl (C=O) groups is 1. The van der Waals surface area contributed by atoms with E-state index in [1.54, 1.807) is 23.9 Å². The van der Waals surface area contributed by atoms with Gasteiger partial charge in [-0.1, -0.05) is 32.0 Å². The molecule has 0 bridgehead atoms. The molecule has 3 aromatic rings. The van der Waals surface area contributed by atoms with E-state index in [0.717, 1.165) is 29.9 Å². The lowest BCUT2D eigenvalue weighted by molar-refractivity contribution is 0.0950. The first-order chi connectivity index (χ1) is 17.0. The topological polar surface area (TPSA) is 87.8 Å². The molecule has 0 fully saturated rings. The van der Waals surface area contributed by atoms with Crippen LogP contribution < -0.4 is 20.7 Å². The van der Waals surface area contributed by atoms with Crippen LogP contribution in [0.2, 0.25) is 0 Å². The molecular weight excluding hydrogens is 458 g/mol. The van der Waals surface area contributed by atoms with Gasteiger partial charge in [0.1, 0.15) is 11.5 Å². The van der Waals surface area contributed by atoms with Gasteiger partial charge in [0, 0.05) is 46.9 Å². The van der Waals surface area contributed by atoms with Gasteiger partial charge >= 0.3 is 0 Å². The van der Waals surface area contributed by atoms with Gasteiger partial charge in [-0.15, -0.1) is 11.8 Å². The number of amides is 1. The third-order valence-corrected chi connectivity index (χ3v) is 6.47. The summed E-state index contributed by atoms with van der Waals surface area (Å²) in [5.41, 5.74) is 9.96. The smallest absolute Gasteiger partial charge is 0.251 e. The number of phenols is 1. The molecular formula is C28H35N3O3S. The van der Waals surface area contributed by atoms with Gasteiger partial charge in [0.15, 0.2) is 0 Å². The highest BCUT2D eigenvalue weighted by Crippen LogP contribution is 2.39. The van der Waals surface area contributed by atoms with Crippen molar-refractivity contribution in [3.8, 4) is 11.5 Å². The summed E-state index contributed by atoms with van der Waals surface area (Å²) in [7, 11) is 0. The highest BCUT2D eigenvalue weighted by atomic mass is 32.2. The van der Waals surface area contributed by atoms with Crippen LogP contribution in [0.1, 0.15) is 54.7 Å². The Hall–Kier alpha value is -3.16. The van der Waals surface area contributed by atoms with Crippen molar-refractivity contribution in [2.24, 2.45) is 5.73 Å². The summed E-state index contributed by atoms with van der Waals surface area (Å²) in [6.45, 7) is 7.60. The fraction of sp³-hybridized carbons (Fsp3) is 0.321. The van der Waals surface area contributed by atoms with E-state index in [4.69, 9.17) is 10.5 Å². The lowest BCUT2D eigenvalue weighted by Crippen LogP contribution is -2.23. The number of hydrogen-bond acceptors (Lipinski definition) is 6. The van der Waals surface area contributed by atoms with Crippen LogP contribution in [0.5, 0.6) is 11.5 Å². The number of fused-ring (bicyclic) bond motifs is 1. The first-order valence-corrected chi connectivity index (χ1v) is 13.2. The molecule has 4 rings (SSSR count). The quantitative estimate of drug-likeness (QED) is 0.365. The standard InChI is InChI=1S/C26H29N3O3S.C2H6/c1-17(27)22-10-7-20(15-24(22)30)29-12-3-13-32-25-14-19(6-11-23(25)29)26(31)28-16-18-4-8-21(33-2)9-5-18;1-2/h4-11,14-15,17,30H,3,12-13,16,27H2,1-2H3,(H,28,31);1-2H3. The number of anilines is 2. The zero-order valence-electron chi connectivity index (χ0n) is 20.9. The van der Waals surface area contributed by atoms with E-state index in [-0.39, 0.29) is 17.7 Å². The van der Waals surface area contributed by atoms with Crippen molar-refractivity contribution >= 4 is 29.0 Å². The number of nitrogens with two attached hydrogens (primary N) is 1. The summed E-state index contributed by atoms with van der Waals surface area (Å²) < 4.78 is 5.97. The monoisotopic (exact) mass is 493 g/mol. The van der Waals surface area contributed by atoms with E-state index in [1.807, 2.05) is 63.4 Å². The molecule has 1 aliphatic rings. The van der Waals surface area contributed by atoms with Gasteiger partial charge in [-0.25, -0.2) is 0 Å². The summed E-state index contributed by atoms with van der Waals surface area (Å²) in [5, 5.41) is 13.4. The van der Waals surface area contributed by atoms with Crippen molar-refractivity contribution in [2.75, 3.05) is 24.3 Å². The van der Waals surface area contributed by atoms with E-state index in [0.29, 0.717) is 30.0 Å². The second-order valence-electron chi connectivity index (χ2n) is 8.10. The maximum atomic E-state index is 12.8. The molecule has 3 aromatic carbocycles. The highest BCUT2D eigenvalue weighted by molar-refractivity contribution is 7.98. The molecule has 1 unspecified atom stereocenters. The predicted molar refractivity (Wildman–Crippen MR) is 145 cm³/mol. The zero-order valence-corrected chi connectivity index (χ0v) is 21.7.